The Hall–Kier alpha value is -0.870. The third-order valence-corrected chi connectivity index (χ3v) is 5.59. The van der Waals surface area contributed by atoms with E-state index in [1.807, 2.05) is 6.92 Å². The van der Waals surface area contributed by atoms with Gasteiger partial charge in [0.15, 0.2) is 0 Å². The molecule has 2 atom stereocenters. The maximum Gasteiger partial charge on any atom is 0.323 e. The number of rotatable bonds is 4. The minimum absolute atomic E-state index is 0.321. The van der Waals surface area contributed by atoms with Gasteiger partial charge in [-0.15, -0.1) is 11.3 Å². The van der Waals surface area contributed by atoms with Crippen LogP contribution in [0, 0.1) is 5.92 Å². The summed E-state index contributed by atoms with van der Waals surface area (Å²) < 4.78 is 0. The molecule has 3 rings (SSSR count). The lowest BCUT2D eigenvalue weighted by Crippen LogP contribution is -2.56. The van der Waals surface area contributed by atoms with Gasteiger partial charge in [0.05, 0.1) is 0 Å². The molecule has 0 spiro atoms. The molecule has 0 bridgehead atoms. The lowest BCUT2D eigenvalue weighted by atomic mass is 9.85. The highest BCUT2D eigenvalue weighted by Gasteiger charge is 2.49. The van der Waals surface area contributed by atoms with Crippen molar-refractivity contribution >= 4 is 17.3 Å². The molecule has 3 nitrogen and oxygen atoms in total. The number of hydrogen-bond acceptors (Lipinski definition) is 3. The molecule has 2 fully saturated rings. The van der Waals surface area contributed by atoms with E-state index in [1.54, 1.807) is 11.3 Å². The zero-order valence-electron chi connectivity index (χ0n) is 11.3. The quantitative estimate of drug-likeness (QED) is 0.916. The third kappa shape index (κ3) is 2.32. The zero-order chi connectivity index (χ0) is 13.5. The molecular weight excluding hydrogens is 258 g/mol. The Morgan fingerprint density at radius 3 is 2.89 bits per heavy atom. The Labute approximate surface area is 118 Å². The van der Waals surface area contributed by atoms with E-state index < -0.39 is 11.5 Å². The average Bonchev–Trinajstić information content (AvgIpc) is 3.07. The van der Waals surface area contributed by atoms with Crippen molar-refractivity contribution < 1.29 is 9.90 Å². The Balaban J connectivity index is 1.94. The van der Waals surface area contributed by atoms with Crippen molar-refractivity contribution in [1.82, 2.24) is 4.90 Å². The van der Waals surface area contributed by atoms with Crippen LogP contribution in [0.15, 0.2) is 17.5 Å². The predicted octanol–water partition coefficient (Wildman–Crippen LogP) is 3.53. The van der Waals surface area contributed by atoms with Crippen molar-refractivity contribution in [2.75, 3.05) is 6.54 Å². The SMILES string of the molecule is CC1(C(=O)O)CCCCN1C(c1cccs1)C1CC1. The first-order chi connectivity index (χ1) is 9.13. The van der Waals surface area contributed by atoms with Crippen LogP contribution in [0.1, 0.15) is 49.9 Å². The van der Waals surface area contributed by atoms with Gasteiger partial charge in [-0.05, 0) is 62.9 Å². The van der Waals surface area contributed by atoms with Gasteiger partial charge in [-0.2, -0.15) is 0 Å². The molecule has 2 aliphatic rings. The van der Waals surface area contributed by atoms with E-state index in [2.05, 4.69) is 22.4 Å². The lowest BCUT2D eigenvalue weighted by molar-refractivity contribution is -0.155. The van der Waals surface area contributed by atoms with Crippen molar-refractivity contribution in [3.05, 3.63) is 22.4 Å². The molecule has 2 heterocycles. The van der Waals surface area contributed by atoms with Crippen LogP contribution in [-0.2, 0) is 4.79 Å². The van der Waals surface area contributed by atoms with Crippen LogP contribution < -0.4 is 0 Å². The van der Waals surface area contributed by atoms with E-state index >= 15 is 0 Å². The molecule has 19 heavy (non-hydrogen) atoms. The largest absolute Gasteiger partial charge is 0.480 e. The van der Waals surface area contributed by atoms with E-state index in [4.69, 9.17) is 0 Å². The first kappa shape index (κ1) is 13.1. The molecule has 0 amide bonds. The Kier molecular flexibility index (Phi) is 3.39. The topological polar surface area (TPSA) is 40.5 Å². The van der Waals surface area contributed by atoms with Gasteiger partial charge >= 0.3 is 5.97 Å². The number of hydrogen-bond donors (Lipinski definition) is 1. The second kappa shape index (κ2) is 4.91. The number of carbonyl (C=O) groups is 1. The zero-order valence-corrected chi connectivity index (χ0v) is 12.2. The maximum atomic E-state index is 11.8. The second-order valence-electron chi connectivity index (χ2n) is 6.03. The van der Waals surface area contributed by atoms with Crippen LogP contribution in [0.2, 0.25) is 0 Å². The van der Waals surface area contributed by atoms with Crippen molar-refractivity contribution in [2.24, 2.45) is 5.92 Å². The molecule has 1 saturated heterocycles. The van der Waals surface area contributed by atoms with Gasteiger partial charge in [-0.25, -0.2) is 0 Å². The first-order valence-electron chi connectivity index (χ1n) is 7.16. The summed E-state index contributed by atoms with van der Waals surface area (Å²) >= 11 is 1.77. The summed E-state index contributed by atoms with van der Waals surface area (Å²) in [6.45, 7) is 2.83. The average molecular weight is 279 g/mol. The van der Waals surface area contributed by atoms with Crippen LogP contribution in [0.4, 0.5) is 0 Å². The van der Waals surface area contributed by atoms with E-state index in [9.17, 15) is 9.90 Å². The molecule has 4 heteroatoms. The first-order valence-corrected chi connectivity index (χ1v) is 8.04. The number of piperidine rings is 1. The van der Waals surface area contributed by atoms with Crippen LogP contribution in [0.5, 0.6) is 0 Å². The maximum absolute atomic E-state index is 11.8. The molecule has 0 radical (unpaired) electrons. The second-order valence-corrected chi connectivity index (χ2v) is 7.01. The number of aliphatic carboxylic acids is 1. The van der Waals surface area contributed by atoms with Crippen LogP contribution in [0.3, 0.4) is 0 Å². The van der Waals surface area contributed by atoms with Gasteiger partial charge in [0, 0.05) is 10.9 Å². The summed E-state index contributed by atoms with van der Waals surface area (Å²) in [6, 6.07) is 4.57. The Morgan fingerprint density at radius 1 is 1.53 bits per heavy atom. The number of likely N-dealkylation sites (tertiary alicyclic amines) is 1. The summed E-state index contributed by atoms with van der Waals surface area (Å²) in [6.07, 6.45) is 5.42. The highest BCUT2D eigenvalue weighted by Crippen LogP contribution is 2.49. The summed E-state index contributed by atoms with van der Waals surface area (Å²) in [5.41, 5.74) is -0.685. The standard InChI is InChI=1S/C15H21NO2S/c1-15(14(17)18)8-2-3-9-16(15)13(11-6-7-11)12-5-4-10-19-12/h4-5,10-11,13H,2-3,6-9H2,1H3,(H,17,18). The number of thiophene rings is 1. The fourth-order valence-corrected chi connectivity index (χ4v) is 4.26. The van der Waals surface area contributed by atoms with E-state index in [0.29, 0.717) is 12.0 Å². The highest BCUT2D eigenvalue weighted by atomic mass is 32.1. The molecule has 2 unspecified atom stereocenters. The minimum atomic E-state index is -0.685. The van der Waals surface area contributed by atoms with Crippen LogP contribution >= 0.6 is 11.3 Å². The summed E-state index contributed by atoms with van der Waals surface area (Å²) in [7, 11) is 0. The number of carboxylic acids is 1. The van der Waals surface area contributed by atoms with Gasteiger partial charge in [0.2, 0.25) is 0 Å². The van der Waals surface area contributed by atoms with Gasteiger partial charge < -0.3 is 5.11 Å². The van der Waals surface area contributed by atoms with Gasteiger partial charge in [-0.3, -0.25) is 9.69 Å². The molecule has 104 valence electrons. The molecule has 1 aromatic heterocycles. The fourth-order valence-electron chi connectivity index (χ4n) is 3.33. The summed E-state index contributed by atoms with van der Waals surface area (Å²) in [5, 5.41) is 11.8. The van der Waals surface area contributed by atoms with E-state index in [0.717, 1.165) is 25.8 Å². The normalized spacial score (nSPS) is 30.2. The number of carboxylic acid groups (broad SMARTS) is 1. The minimum Gasteiger partial charge on any atom is -0.480 e. The highest BCUT2D eigenvalue weighted by molar-refractivity contribution is 7.10. The monoisotopic (exact) mass is 279 g/mol. The Morgan fingerprint density at radius 2 is 2.32 bits per heavy atom. The molecule has 1 aliphatic carbocycles. The van der Waals surface area contributed by atoms with Crippen molar-refractivity contribution in [2.45, 2.75) is 50.6 Å². The Bertz CT molecular complexity index is 455. The predicted molar refractivity (Wildman–Crippen MR) is 76.4 cm³/mol. The lowest BCUT2D eigenvalue weighted by Gasteiger charge is -2.46. The van der Waals surface area contributed by atoms with Crippen LogP contribution in [0.25, 0.3) is 0 Å². The number of nitrogens with zero attached hydrogens (tertiary/aromatic N) is 1. The summed E-state index contributed by atoms with van der Waals surface area (Å²) in [5.74, 6) is 0.00447. The van der Waals surface area contributed by atoms with E-state index in [1.165, 1.54) is 17.7 Å². The van der Waals surface area contributed by atoms with Gasteiger partial charge in [0.1, 0.15) is 5.54 Å². The molecule has 0 aromatic carbocycles. The molecule has 1 N–H and O–H groups in total. The summed E-state index contributed by atoms with van der Waals surface area (Å²) in [4.78, 5) is 15.4. The molecule has 1 aromatic rings. The fraction of sp³-hybridized carbons (Fsp3) is 0.667. The van der Waals surface area contributed by atoms with E-state index in [-0.39, 0.29) is 0 Å². The van der Waals surface area contributed by atoms with Crippen molar-refractivity contribution in [3.63, 3.8) is 0 Å². The van der Waals surface area contributed by atoms with Gasteiger partial charge in [-0.1, -0.05) is 6.07 Å². The van der Waals surface area contributed by atoms with Crippen molar-refractivity contribution in [1.29, 1.82) is 0 Å². The van der Waals surface area contributed by atoms with Gasteiger partial charge in [0.25, 0.3) is 0 Å². The molecule has 1 saturated carbocycles. The van der Waals surface area contributed by atoms with Crippen LogP contribution in [-0.4, -0.2) is 28.1 Å². The smallest absolute Gasteiger partial charge is 0.323 e. The molecular formula is C15H21NO2S. The van der Waals surface area contributed by atoms with Crippen molar-refractivity contribution in [3.8, 4) is 0 Å². The molecule has 1 aliphatic heterocycles. The third-order valence-electron chi connectivity index (χ3n) is 4.65.